The van der Waals surface area contributed by atoms with E-state index in [1.165, 1.54) is 103 Å². The highest BCUT2D eigenvalue weighted by atomic mass is 16.5. The largest absolute Gasteiger partial charge is 0.465 e. The van der Waals surface area contributed by atoms with Gasteiger partial charge < -0.3 is 24.6 Å². The Hall–Kier alpha value is -1.67. The summed E-state index contributed by atoms with van der Waals surface area (Å²) in [5.74, 6) is -0.0540. The Labute approximate surface area is 367 Å². The minimum absolute atomic E-state index is 0.0139. The molecular formula is C51H101N3O5. The normalized spacial score (nSPS) is 13.1. The van der Waals surface area contributed by atoms with Gasteiger partial charge in [0.05, 0.1) is 19.1 Å². The molecule has 0 rings (SSSR count). The zero-order valence-electron chi connectivity index (χ0n) is 40.5. The van der Waals surface area contributed by atoms with Gasteiger partial charge in [-0.15, -0.1) is 0 Å². The van der Waals surface area contributed by atoms with Crippen molar-refractivity contribution in [1.29, 1.82) is 0 Å². The number of carbonyl (C=O) groups is 3. The van der Waals surface area contributed by atoms with Crippen LogP contribution in [0.3, 0.4) is 0 Å². The molecule has 1 amide bonds. The van der Waals surface area contributed by atoms with Crippen molar-refractivity contribution in [3.05, 3.63) is 0 Å². The van der Waals surface area contributed by atoms with Crippen LogP contribution in [-0.4, -0.2) is 87.7 Å². The fraction of sp³-hybridized carbons (Fsp3) is 0.941. The third kappa shape index (κ3) is 36.7. The molecule has 8 heteroatoms. The summed E-state index contributed by atoms with van der Waals surface area (Å²) in [6.07, 6.45) is 37.7. The molecule has 8 nitrogen and oxygen atoms in total. The van der Waals surface area contributed by atoms with Gasteiger partial charge in [0, 0.05) is 19.0 Å². The monoisotopic (exact) mass is 836 g/mol. The maximum absolute atomic E-state index is 13.4. The van der Waals surface area contributed by atoms with Crippen LogP contribution in [0.5, 0.6) is 0 Å². The number of nitrogens with one attached hydrogen (secondary N) is 1. The smallest absolute Gasteiger partial charge is 0.325 e. The molecule has 0 aromatic heterocycles. The van der Waals surface area contributed by atoms with Crippen molar-refractivity contribution in [2.45, 2.75) is 246 Å². The van der Waals surface area contributed by atoms with Crippen molar-refractivity contribution >= 4 is 17.8 Å². The topological polar surface area (TPSA) is 88.2 Å². The lowest BCUT2D eigenvalue weighted by Crippen LogP contribution is -2.37. The summed E-state index contributed by atoms with van der Waals surface area (Å²) >= 11 is 0. The Morgan fingerprint density at radius 2 is 0.847 bits per heavy atom. The van der Waals surface area contributed by atoms with Gasteiger partial charge in [0.2, 0.25) is 5.91 Å². The van der Waals surface area contributed by atoms with Crippen LogP contribution in [0, 0.1) is 11.8 Å². The highest BCUT2D eigenvalue weighted by molar-refractivity contribution is 5.83. The number of esters is 2. The molecule has 0 aliphatic carbocycles. The molecule has 0 radical (unpaired) electrons. The fourth-order valence-electron chi connectivity index (χ4n) is 8.24. The average Bonchev–Trinajstić information content (AvgIpc) is 3.22. The predicted octanol–water partition coefficient (Wildman–Crippen LogP) is 13.2. The van der Waals surface area contributed by atoms with E-state index >= 15 is 0 Å². The van der Waals surface area contributed by atoms with Gasteiger partial charge in [-0.2, -0.15) is 0 Å². The molecule has 0 aliphatic heterocycles. The van der Waals surface area contributed by atoms with Crippen LogP contribution in [-0.2, 0) is 23.9 Å². The minimum Gasteiger partial charge on any atom is -0.465 e. The lowest BCUT2D eigenvalue weighted by Gasteiger charge is -2.23. The SMILES string of the molecule is CCCCCCCCC(CCCCCC)C(=O)OCCCCCC(CCCCCOC(=O)CN(C)C(=O)C(CCCCCC)CCCCCCCC)NCCCN(C)C. The Balaban J connectivity index is 4.65. The van der Waals surface area contributed by atoms with Gasteiger partial charge in [0.25, 0.3) is 0 Å². The summed E-state index contributed by atoms with van der Waals surface area (Å²) in [5, 5.41) is 3.82. The van der Waals surface area contributed by atoms with Crippen LogP contribution < -0.4 is 5.32 Å². The molecule has 0 spiro atoms. The van der Waals surface area contributed by atoms with Crippen LogP contribution in [0.2, 0.25) is 0 Å². The first-order valence-corrected chi connectivity index (χ1v) is 25.6. The summed E-state index contributed by atoms with van der Waals surface area (Å²) in [4.78, 5) is 43.0. The van der Waals surface area contributed by atoms with Gasteiger partial charge in [-0.1, -0.05) is 182 Å². The summed E-state index contributed by atoms with van der Waals surface area (Å²) in [6.45, 7) is 12.0. The number of likely N-dealkylation sites (N-methyl/N-ethyl adjacent to an activating group) is 1. The Morgan fingerprint density at radius 3 is 1.32 bits per heavy atom. The molecule has 0 bridgehead atoms. The lowest BCUT2D eigenvalue weighted by molar-refractivity contribution is -0.150. The zero-order valence-corrected chi connectivity index (χ0v) is 40.5. The summed E-state index contributed by atoms with van der Waals surface area (Å²) in [6, 6.07) is 0.470. The summed E-state index contributed by atoms with van der Waals surface area (Å²) in [5.41, 5.74) is 0. The molecule has 1 N–H and O–H groups in total. The fourth-order valence-corrected chi connectivity index (χ4v) is 8.24. The quantitative estimate of drug-likeness (QED) is 0.0483. The number of unbranched alkanes of at least 4 members (excludes halogenated alkanes) is 20. The molecule has 0 saturated heterocycles. The molecule has 0 aromatic carbocycles. The number of nitrogens with zero attached hydrogens (tertiary/aromatic N) is 2. The zero-order chi connectivity index (χ0) is 43.6. The van der Waals surface area contributed by atoms with Crippen molar-refractivity contribution in [1.82, 2.24) is 15.1 Å². The molecule has 0 heterocycles. The van der Waals surface area contributed by atoms with E-state index in [1.807, 2.05) is 0 Å². The second-order valence-corrected chi connectivity index (χ2v) is 18.3. The van der Waals surface area contributed by atoms with E-state index in [1.54, 1.807) is 11.9 Å². The predicted molar refractivity (Wildman–Crippen MR) is 252 cm³/mol. The number of ether oxygens (including phenoxy) is 2. The van der Waals surface area contributed by atoms with Crippen LogP contribution >= 0.6 is 0 Å². The Kier molecular flexibility index (Phi) is 41.8. The first-order chi connectivity index (χ1) is 28.7. The first kappa shape index (κ1) is 57.3. The van der Waals surface area contributed by atoms with Crippen molar-refractivity contribution in [3.8, 4) is 0 Å². The van der Waals surface area contributed by atoms with Crippen LogP contribution in [0.4, 0.5) is 0 Å². The first-order valence-electron chi connectivity index (χ1n) is 25.6. The van der Waals surface area contributed by atoms with Gasteiger partial charge in [0.1, 0.15) is 6.54 Å². The van der Waals surface area contributed by atoms with Gasteiger partial charge >= 0.3 is 11.9 Å². The van der Waals surface area contributed by atoms with E-state index in [0.717, 1.165) is 122 Å². The van der Waals surface area contributed by atoms with Crippen molar-refractivity contribution < 1.29 is 23.9 Å². The third-order valence-corrected chi connectivity index (χ3v) is 12.2. The molecule has 3 atom stereocenters. The molecule has 0 fully saturated rings. The highest BCUT2D eigenvalue weighted by Gasteiger charge is 2.24. The molecule has 59 heavy (non-hydrogen) atoms. The van der Waals surface area contributed by atoms with Crippen LogP contribution in [0.15, 0.2) is 0 Å². The van der Waals surface area contributed by atoms with Crippen molar-refractivity contribution in [2.75, 3.05) is 54.0 Å². The average molecular weight is 836 g/mol. The van der Waals surface area contributed by atoms with Crippen molar-refractivity contribution in [2.24, 2.45) is 11.8 Å². The van der Waals surface area contributed by atoms with E-state index < -0.39 is 0 Å². The highest BCUT2D eigenvalue weighted by Crippen LogP contribution is 2.23. The molecule has 350 valence electrons. The summed E-state index contributed by atoms with van der Waals surface area (Å²) < 4.78 is 11.5. The van der Waals surface area contributed by atoms with Crippen LogP contribution in [0.1, 0.15) is 240 Å². The minimum atomic E-state index is -0.295. The number of rotatable bonds is 45. The van der Waals surface area contributed by atoms with Crippen molar-refractivity contribution in [3.63, 3.8) is 0 Å². The third-order valence-electron chi connectivity index (χ3n) is 12.2. The second-order valence-electron chi connectivity index (χ2n) is 18.3. The molecule has 0 aromatic rings. The van der Waals surface area contributed by atoms with E-state index in [2.05, 4.69) is 52.0 Å². The lowest BCUT2D eigenvalue weighted by atomic mass is 9.93. The van der Waals surface area contributed by atoms with E-state index in [4.69, 9.17) is 9.47 Å². The molecule has 3 unspecified atom stereocenters. The molecule has 0 aliphatic rings. The van der Waals surface area contributed by atoms with Gasteiger partial charge in [-0.3, -0.25) is 14.4 Å². The van der Waals surface area contributed by atoms with E-state index in [-0.39, 0.29) is 36.2 Å². The maximum Gasteiger partial charge on any atom is 0.325 e. The van der Waals surface area contributed by atoms with E-state index in [9.17, 15) is 14.4 Å². The van der Waals surface area contributed by atoms with Gasteiger partial charge in [0.15, 0.2) is 0 Å². The number of carbonyl (C=O) groups excluding carboxylic acids is 3. The summed E-state index contributed by atoms with van der Waals surface area (Å²) in [7, 11) is 6.02. The second kappa shape index (κ2) is 43.0. The standard InChI is InChI=1S/C51H101N3O5/c1-8-12-16-20-22-28-36-46(35-26-18-14-10-3)50(56)54(7)45-49(55)58-43-32-24-30-39-48(52-41-34-42-53(5)6)40-31-25-33-44-59-51(57)47(37-27-19-15-11-4)38-29-23-21-17-13-9-2/h46-48,52H,8-45H2,1-7H3. The number of amides is 1. The maximum atomic E-state index is 13.4. The Bertz CT molecular complexity index is 946. The van der Waals surface area contributed by atoms with Gasteiger partial charge in [-0.05, 0) is 85.0 Å². The van der Waals surface area contributed by atoms with Gasteiger partial charge in [-0.25, -0.2) is 0 Å². The number of hydrogen-bond acceptors (Lipinski definition) is 7. The Morgan fingerprint density at radius 1 is 0.458 bits per heavy atom. The molecule has 0 saturated carbocycles. The van der Waals surface area contributed by atoms with E-state index in [0.29, 0.717) is 19.3 Å². The molecular weight excluding hydrogens is 735 g/mol. The van der Waals surface area contributed by atoms with Crippen LogP contribution in [0.25, 0.3) is 0 Å². The number of hydrogen-bond donors (Lipinski definition) is 1.